The Morgan fingerprint density at radius 2 is 2.18 bits per heavy atom. The number of amides is 1. The second kappa shape index (κ2) is 4.25. The monoisotopic (exact) mass is 258 g/mol. The van der Waals surface area contributed by atoms with Crippen LogP contribution < -0.4 is 22.3 Å². The van der Waals surface area contributed by atoms with Gasteiger partial charge < -0.3 is 11.1 Å². The molecule has 0 saturated carbocycles. The third-order valence-corrected chi connectivity index (χ3v) is 2.78. The van der Waals surface area contributed by atoms with Crippen LogP contribution in [0.25, 0.3) is 0 Å². The molecule has 1 aromatic rings. The van der Waals surface area contributed by atoms with Gasteiger partial charge in [0.05, 0.1) is 0 Å². The fraction of sp³-hybridized carbons (Fsp3) is 0.444. The molecule has 0 aromatic carbocycles. The van der Waals surface area contributed by atoms with Gasteiger partial charge in [0, 0.05) is 25.5 Å². The molecule has 1 amide bonds. The van der Waals surface area contributed by atoms with E-state index in [1.807, 2.05) is 0 Å². The van der Waals surface area contributed by atoms with E-state index in [-0.39, 0.29) is 23.8 Å². The summed E-state index contributed by atoms with van der Waals surface area (Å²) in [7, 11) is 0. The Hall–Kier alpha value is -1.76. The number of halogens is 1. The van der Waals surface area contributed by atoms with Crippen molar-refractivity contribution in [2.24, 2.45) is 5.73 Å². The summed E-state index contributed by atoms with van der Waals surface area (Å²) in [4.78, 5) is 35.1. The van der Waals surface area contributed by atoms with Gasteiger partial charge in [0.1, 0.15) is 11.4 Å². The van der Waals surface area contributed by atoms with Crippen molar-refractivity contribution in [3.63, 3.8) is 0 Å². The predicted octanol–water partition coefficient (Wildman–Crippen LogP) is -1.23. The van der Waals surface area contributed by atoms with Crippen LogP contribution in [0.4, 0.5) is 5.82 Å². The summed E-state index contributed by atoms with van der Waals surface area (Å²) >= 11 is 5.52. The van der Waals surface area contributed by atoms with Gasteiger partial charge in [-0.1, -0.05) is 0 Å². The summed E-state index contributed by atoms with van der Waals surface area (Å²) in [6.45, 7) is 0.941. The topological polar surface area (TPSA) is 99.1 Å². The number of hydrogen-bond acceptors (Lipinski definition) is 4. The second-order valence-corrected chi connectivity index (χ2v) is 3.97. The van der Waals surface area contributed by atoms with Crippen LogP contribution in [0, 0.1) is 0 Å². The number of alkyl halides is 1. The Bertz CT molecular complexity index is 589. The van der Waals surface area contributed by atoms with E-state index in [2.05, 4.69) is 5.32 Å². The smallest absolute Gasteiger partial charge is 0.332 e. The average molecular weight is 259 g/mol. The average Bonchev–Trinajstić information content (AvgIpc) is 2.72. The maximum Gasteiger partial charge on any atom is 0.332 e. The minimum atomic E-state index is -0.850. The normalized spacial score (nSPS) is 13.2. The zero-order valence-electron chi connectivity index (χ0n) is 8.90. The summed E-state index contributed by atoms with van der Waals surface area (Å²) in [5.41, 5.74) is 3.81. The molecule has 3 N–H and O–H groups in total. The second-order valence-electron chi connectivity index (χ2n) is 3.59. The van der Waals surface area contributed by atoms with Crippen LogP contribution in [0.15, 0.2) is 9.59 Å². The van der Waals surface area contributed by atoms with Crippen molar-refractivity contribution in [3.05, 3.63) is 26.4 Å². The number of anilines is 1. The number of nitrogens with two attached hydrogens (primary N) is 1. The van der Waals surface area contributed by atoms with E-state index < -0.39 is 17.2 Å². The fourth-order valence-electron chi connectivity index (χ4n) is 1.88. The lowest BCUT2D eigenvalue weighted by atomic mass is 10.3. The number of carbonyl (C=O) groups excluding carboxylic acids is 1. The number of fused-ring (bicyclic) bond motifs is 1. The molecule has 0 radical (unpaired) electrons. The minimum Gasteiger partial charge on any atom is -0.369 e. The molecule has 0 atom stereocenters. The Morgan fingerprint density at radius 3 is 2.76 bits per heavy atom. The van der Waals surface area contributed by atoms with Crippen LogP contribution in [-0.2, 0) is 13.1 Å². The van der Waals surface area contributed by atoms with Crippen molar-refractivity contribution in [1.29, 1.82) is 0 Å². The molecule has 0 aliphatic carbocycles. The highest BCUT2D eigenvalue weighted by Gasteiger charge is 2.25. The third kappa shape index (κ3) is 1.72. The van der Waals surface area contributed by atoms with E-state index in [1.54, 1.807) is 0 Å². The van der Waals surface area contributed by atoms with Crippen LogP contribution >= 0.6 is 11.6 Å². The van der Waals surface area contributed by atoms with Crippen LogP contribution in [0.2, 0.25) is 0 Å². The number of carbonyl (C=O) groups is 1. The highest BCUT2D eigenvalue weighted by Crippen LogP contribution is 2.13. The van der Waals surface area contributed by atoms with Crippen molar-refractivity contribution in [3.8, 4) is 0 Å². The molecule has 0 saturated heterocycles. The molecule has 8 heteroatoms. The van der Waals surface area contributed by atoms with E-state index in [4.69, 9.17) is 17.3 Å². The van der Waals surface area contributed by atoms with Gasteiger partial charge in [-0.3, -0.25) is 18.7 Å². The van der Waals surface area contributed by atoms with E-state index in [0.717, 1.165) is 4.57 Å². The van der Waals surface area contributed by atoms with Gasteiger partial charge in [-0.25, -0.2) is 4.79 Å². The van der Waals surface area contributed by atoms with Crippen molar-refractivity contribution < 1.29 is 4.79 Å². The van der Waals surface area contributed by atoms with Crippen molar-refractivity contribution in [2.75, 3.05) is 17.7 Å². The molecule has 0 unspecified atom stereocenters. The Balaban J connectivity index is 2.81. The standard InChI is InChI=1S/C9H11ClN4O3/c10-1-3-14-8(16)5(6(11)15)7-12-2-4-13(7)9(14)17/h12H,1-4H2,(H2,11,15). The maximum absolute atomic E-state index is 11.9. The summed E-state index contributed by atoms with van der Waals surface area (Å²) < 4.78 is 2.26. The number of rotatable bonds is 3. The molecule has 17 heavy (non-hydrogen) atoms. The van der Waals surface area contributed by atoms with Gasteiger partial charge in [0.15, 0.2) is 0 Å². The zero-order valence-corrected chi connectivity index (χ0v) is 9.66. The molecule has 2 heterocycles. The first-order valence-electron chi connectivity index (χ1n) is 5.05. The lowest BCUT2D eigenvalue weighted by molar-refractivity contribution is 0.0998. The van der Waals surface area contributed by atoms with Gasteiger partial charge in [0.25, 0.3) is 11.5 Å². The molecule has 0 bridgehead atoms. The highest BCUT2D eigenvalue weighted by molar-refractivity contribution is 6.17. The molecule has 1 aromatic heterocycles. The lowest BCUT2D eigenvalue weighted by Gasteiger charge is -2.10. The summed E-state index contributed by atoms with van der Waals surface area (Å²) in [6, 6.07) is 0. The molecule has 0 fully saturated rings. The van der Waals surface area contributed by atoms with Gasteiger partial charge in [-0.05, 0) is 0 Å². The number of aromatic nitrogens is 2. The van der Waals surface area contributed by atoms with E-state index >= 15 is 0 Å². The first kappa shape index (κ1) is 11.7. The fourth-order valence-corrected chi connectivity index (χ4v) is 2.05. The van der Waals surface area contributed by atoms with E-state index in [1.165, 1.54) is 4.57 Å². The SMILES string of the molecule is NC(=O)c1c2n(c(=O)n(CCCl)c1=O)CCN2. The van der Waals surface area contributed by atoms with Gasteiger partial charge in [-0.2, -0.15) is 0 Å². The van der Waals surface area contributed by atoms with Crippen LogP contribution in [0.5, 0.6) is 0 Å². The van der Waals surface area contributed by atoms with Crippen molar-refractivity contribution in [2.45, 2.75) is 13.1 Å². The molecule has 2 rings (SSSR count). The van der Waals surface area contributed by atoms with E-state index in [9.17, 15) is 14.4 Å². The number of nitrogens with zero attached hydrogens (tertiary/aromatic N) is 2. The zero-order chi connectivity index (χ0) is 12.6. The van der Waals surface area contributed by atoms with Crippen LogP contribution in [-0.4, -0.2) is 27.5 Å². The summed E-state index contributed by atoms with van der Waals surface area (Å²) in [5.74, 6) is -0.532. The molecular weight excluding hydrogens is 248 g/mol. The molecule has 0 spiro atoms. The first-order chi connectivity index (χ1) is 8.07. The molecule has 1 aliphatic rings. The lowest BCUT2D eigenvalue weighted by Crippen LogP contribution is -2.43. The summed E-state index contributed by atoms with van der Waals surface area (Å²) in [5, 5.41) is 2.82. The van der Waals surface area contributed by atoms with Crippen molar-refractivity contribution >= 4 is 23.3 Å². The summed E-state index contributed by atoms with van der Waals surface area (Å²) in [6.07, 6.45) is 0. The Morgan fingerprint density at radius 1 is 1.47 bits per heavy atom. The van der Waals surface area contributed by atoms with Crippen LogP contribution in [0.1, 0.15) is 10.4 Å². The molecule has 7 nitrogen and oxygen atoms in total. The predicted molar refractivity (Wildman–Crippen MR) is 62.7 cm³/mol. The first-order valence-corrected chi connectivity index (χ1v) is 5.58. The quantitative estimate of drug-likeness (QED) is 0.664. The maximum atomic E-state index is 11.9. The number of hydrogen-bond donors (Lipinski definition) is 2. The molecular formula is C9H11ClN4O3. The Kier molecular flexibility index (Phi) is 2.93. The number of primary amides is 1. The molecule has 1 aliphatic heterocycles. The molecule has 92 valence electrons. The number of nitrogens with one attached hydrogen (secondary N) is 1. The van der Waals surface area contributed by atoms with Gasteiger partial charge in [0.2, 0.25) is 0 Å². The highest BCUT2D eigenvalue weighted by atomic mass is 35.5. The van der Waals surface area contributed by atoms with Gasteiger partial charge >= 0.3 is 5.69 Å². The van der Waals surface area contributed by atoms with Gasteiger partial charge in [-0.15, -0.1) is 11.6 Å². The largest absolute Gasteiger partial charge is 0.369 e. The van der Waals surface area contributed by atoms with Crippen molar-refractivity contribution in [1.82, 2.24) is 9.13 Å². The van der Waals surface area contributed by atoms with E-state index in [0.29, 0.717) is 13.1 Å². The Labute approximate surface area is 101 Å². The van der Waals surface area contributed by atoms with Crippen LogP contribution in [0.3, 0.4) is 0 Å². The minimum absolute atomic E-state index is 0.0553. The third-order valence-electron chi connectivity index (χ3n) is 2.61.